The zero-order chi connectivity index (χ0) is 9.80. The second-order valence-corrected chi connectivity index (χ2v) is 4.63. The third kappa shape index (κ3) is 2.66. The van der Waals surface area contributed by atoms with Crippen LogP contribution in [0.25, 0.3) is 0 Å². The van der Waals surface area contributed by atoms with Crippen LogP contribution in [-0.2, 0) is 4.74 Å². The van der Waals surface area contributed by atoms with Crippen LogP contribution >= 0.6 is 11.8 Å². The van der Waals surface area contributed by atoms with Gasteiger partial charge in [0.15, 0.2) is 0 Å². The van der Waals surface area contributed by atoms with Crippen molar-refractivity contribution >= 4 is 11.8 Å². The predicted octanol–water partition coefficient (Wildman–Crippen LogP) is 2.52. The Hall–Kier alpha value is -0.670. The number of ether oxygens (including phenoxy) is 1. The third-order valence-corrected chi connectivity index (χ3v) is 3.59. The second-order valence-electron chi connectivity index (χ2n) is 3.53. The van der Waals surface area contributed by atoms with E-state index in [1.54, 1.807) is 12.1 Å². The molecule has 0 spiro atoms. The topological polar surface area (TPSA) is 29.5 Å². The molecule has 2 nitrogen and oxygen atoms in total. The summed E-state index contributed by atoms with van der Waals surface area (Å²) in [7, 11) is 0. The van der Waals surface area contributed by atoms with E-state index in [1.807, 2.05) is 23.9 Å². The summed E-state index contributed by atoms with van der Waals surface area (Å²) in [5.41, 5.74) is 0. The van der Waals surface area contributed by atoms with Crippen molar-refractivity contribution in [1.82, 2.24) is 0 Å². The zero-order valence-electron chi connectivity index (χ0n) is 7.98. The van der Waals surface area contributed by atoms with Crippen LogP contribution < -0.4 is 0 Å². The quantitative estimate of drug-likeness (QED) is 0.777. The first kappa shape index (κ1) is 9.87. The number of phenols is 1. The van der Waals surface area contributed by atoms with Gasteiger partial charge < -0.3 is 9.84 Å². The number of aromatic hydroxyl groups is 1. The van der Waals surface area contributed by atoms with Crippen LogP contribution in [0.2, 0.25) is 0 Å². The van der Waals surface area contributed by atoms with Crippen molar-refractivity contribution < 1.29 is 9.84 Å². The second kappa shape index (κ2) is 4.71. The highest BCUT2D eigenvalue weighted by Gasteiger charge is 2.15. The lowest BCUT2D eigenvalue weighted by Gasteiger charge is -2.06. The van der Waals surface area contributed by atoms with E-state index < -0.39 is 0 Å². The van der Waals surface area contributed by atoms with Crippen molar-refractivity contribution in [3.05, 3.63) is 24.3 Å². The fourth-order valence-electron chi connectivity index (χ4n) is 1.47. The molecular weight excluding hydrogens is 196 g/mol. The normalized spacial score (nSPS) is 21.3. The van der Waals surface area contributed by atoms with Crippen molar-refractivity contribution in [2.45, 2.75) is 11.3 Å². The Kier molecular flexibility index (Phi) is 3.32. The van der Waals surface area contributed by atoms with Crippen molar-refractivity contribution in [1.29, 1.82) is 0 Å². The average Bonchev–Trinajstić information content (AvgIpc) is 2.70. The summed E-state index contributed by atoms with van der Waals surface area (Å²) in [6.45, 7) is 1.83. The number of phenolic OH excluding ortho intramolecular Hbond substituents is 1. The Morgan fingerprint density at radius 3 is 2.79 bits per heavy atom. The highest BCUT2D eigenvalue weighted by Crippen LogP contribution is 2.25. The summed E-state index contributed by atoms with van der Waals surface area (Å²) in [5, 5.41) is 9.11. The van der Waals surface area contributed by atoms with Gasteiger partial charge in [-0.1, -0.05) is 0 Å². The summed E-state index contributed by atoms with van der Waals surface area (Å²) < 4.78 is 5.31. The molecule has 76 valence electrons. The van der Waals surface area contributed by atoms with Crippen molar-refractivity contribution in [3.63, 3.8) is 0 Å². The smallest absolute Gasteiger partial charge is 0.115 e. The monoisotopic (exact) mass is 210 g/mol. The molecule has 0 bridgehead atoms. The van der Waals surface area contributed by atoms with Crippen LogP contribution in [0.1, 0.15) is 6.42 Å². The maximum absolute atomic E-state index is 9.11. The number of hydrogen-bond acceptors (Lipinski definition) is 3. The van der Waals surface area contributed by atoms with Crippen LogP contribution in [0, 0.1) is 5.92 Å². The predicted molar refractivity (Wildman–Crippen MR) is 57.8 cm³/mol. The van der Waals surface area contributed by atoms with Crippen molar-refractivity contribution in [2.75, 3.05) is 19.0 Å². The molecule has 1 aliphatic rings. The van der Waals surface area contributed by atoms with Crippen LogP contribution in [0.3, 0.4) is 0 Å². The maximum atomic E-state index is 9.11. The van der Waals surface area contributed by atoms with Gasteiger partial charge in [0.1, 0.15) is 5.75 Å². The Bertz CT molecular complexity index is 278. The van der Waals surface area contributed by atoms with E-state index in [0.29, 0.717) is 11.7 Å². The molecule has 1 saturated heterocycles. The molecule has 1 fully saturated rings. The number of benzene rings is 1. The van der Waals surface area contributed by atoms with Gasteiger partial charge in [-0.2, -0.15) is 0 Å². The van der Waals surface area contributed by atoms with E-state index in [-0.39, 0.29) is 0 Å². The molecule has 0 aromatic heterocycles. The van der Waals surface area contributed by atoms with Gasteiger partial charge in [-0.15, -0.1) is 11.8 Å². The lowest BCUT2D eigenvalue weighted by Crippen LogP contribution is -2.01. The Labute approximate surface area is 88.3 Å². The van der Waals surface area contributed by atoms with E-state index >= 15 is 0 Å². The van der Waals surface area contributed by atoms with E-state index in [2.05, 4.69) is 0 Å². The highest BCUT2D eigenvalue weighted by atomic mass is 32.2. The molecule has 0 saturated carbocycles. The minimum absolute atomic E-state index is 0.332. The summed E-state index contributed by atoms with van der Waals surface area (Å²) in [6, 6.07) is 7.37. The van der Waals surface area contributed by atoms with Crippen LogP contribution in [0.5, 0.6) is 5.75 Å². The maximum Gasteiger partial charge on any atom is 0.115 e. The average molecular weight is 210 g/mol. The van der Waals surface area contributed by atoms with Crippen LogP contribution in [-0.4, -0.2) is 24.1 Å². The lowest BCUT2D eigenvalue weighted by atomic mass is 10.2. The summed E-state index contributed by atoms with van der Waals surface area (Å²) in [6.07, 6.45) is 1.19. The lowest BCUT2D eigenvalue weighted by molar-refractivity contribution is 0.189. The summed E-state index contributed by atoms with van der Waals surface area (Å²) >= 11 is 1.84. The van der Waals surface area contributed by atoms with Gasteiger partial charge in [-0.05, 0) is 36.6 Å². The minimum Gasteiger partial charge on any atom is -0.508 e. The van der Waals surface area contributed by atoms with Crippen molar-refractivity contribution in [3.8, 4) is 5.75 Å². The fraction of sp³-hybridized carbons (Fsp3) is 0.455. The van der Waals surface area contributed by atoms with Gasteiger partial charge in [0.05, 0.1) is 6.61 Å². The van der Waals surface area contributed by atoms with E-state index in [0.717, 1.165) is 19.0 Å². The molecule has 1 atom stereocenters. The van der Waals surface area contributed by atoms with Crippen molar-refractivity contribution in [2.24, 2.45) is 5.92 Å². The first-order valence-electron chi connectivity index (χ1n) is 4.84. The SMILES string of the molecule is Oc1ccc(SCC2CCOC2)cc1. The molecule has 2 rings (SSSR count). The number of rotatable bonds is 3. The highest BCUT2D eigenvalue weighted by molar-refractivity contribution is 7.99. The first-order valence-corrected chi connectivity index (χ1v) is 5.83. The van der Waals surface area contributed by atoms with Crippen LogP contribution in [0.15, 0.2) is 29.2 Å². The van der Waals surface area contributed by atoms with Gasteiger partial charge >= 0.3 is 0 Å². The molecular formula is C11H14O2S. The van der Waals surface area contributed by atoms with Gasteiger partial charge in [0.25, 0.3) is 0 Å². The van der Waals surface area contributed by atoms with E-state index in [1.165, 1.54) is 11.3 Å². The molecule has 0 amide bonds. The first-order chi connectivity index (χ1) is 6.84. The van der Waals surface area contributed by atoms with Gasteiger partial charge in [0.2, 0.25) is 0 Å². The minimum atomic E-state index is 0.332. The van der Waals surface area contributed by atoms with E-state index in [4.69, 9.17) is 9.84 Å². The molecule has 0 radical (unpaired) electrons. The number of thioether (sulfide) groups is 1. The Balaban J connectivity index is 1.82. The van der Waals surface area contributed by atoms with Gasteiger partial charge in [-0.3, -0.25) is 0 Å². The molecule has 1 N–H and O–H groups in total. The molecule has 0 aliphatic carbocycles. The molecule has 14 heavy (non-hydrogen) atoms. The fourth-order valence-corrected chi connectivity index (χ4v) is 2.49. The molecule has 1 aliphatic heterocycles. The number of hydrogen-bond donors (Lipinski definition) is 1. The standard InChI is InChI=1S/C11H14O2S/c12-10-1-3-11(4-2-10)14-8-9-5-6-13-7-9/h1-4,9,12H,5-8H2. The molecule has 1 heterocycles. The largest absolute Gasteiger partial charge is 0.508 e. The Morgan fingerprint density at radius 2 is 2.14 bits per heavy atom. The van der Waals surface area contributed by atoms with Gasteiger partial charge in [0, 0.05) is 17.3 Å². The van der Waals surface area contributed by atoms with Gasteiger partial charge in [-0.25, -0.2) is 0 Å². The third-order valence-electron chi connectivity index (χ3n) is 2.35. The van der Waals surface area contributed by atoms with Crippen LogP contribution in [0.4, 0.5) is 0 Å². The van der Waals surface area contributed by atoms with E-state index in [9.17, 15) is 0 Å². The summed E-state index contributed by atoms with van der Waals surface area (Å²) in [5.74, 6) is 2.15. The Morgan fingerprint density at radius 1 is 1.36 bits per heavy atom. The molecule has 3 heteroatoms. The molecule has 1 unspecified atom stereocenters. The zero-order valence-corrected chi connectivity index (χ0v) is 8.80. The molecule has 1 aromatic rings. The molecule has 1 aromatic carbocycles. The summed E-state index contributed by atoms with van der Waals surface area (Å²) in [4.78, 5) is 1.22.